The summed E-state index contributed by atoms with van der Waals surface area (Å²) >= 11 is 7.51. The molecule has 84 valence electrons. The van der Waals surface area contributed by atoms with Crippen LogP contribution in [-0.2, 0) is 0 Å². The van der Waals surface area contributed by atoms with Gasteiger partial charge in [0.1, 0.15) is 6.10 Å². The molecule has 0 aliphatic carbocycles. The van der Waals surface area contributed by atoms with Crippen LogP contribution in [0.3, 0.4) is 0 Å². The SMILES string of the molecule is Cc1cccc(C(O)c2sccc2Cl)c1C. The molecule has 0 spiro atoms. The van der Waals surface area contributed by atoms with Gasteiger partial charge >= 0.3 is 0 Å². The van der Waals surface area contributed by atoms with Crippen LogP contribution in [0.25, 0.3) is 0 Å². The molecule has 0 aliphatic rings. The van der Waals surface area contributed by atoms with E-state index in [4.69, 9.17) is 11.6 Å². The standard InChI is InChI=1S/C13H13ClOS/c1-8-4-3-5-10(9(8)2)12(15)13-11(14)6-7-16-13/h3-7,12,15H,1-2H3. The molecule has 1 nitrogen and oxygen atoms in total. The molecule has 3 heteroatoms. The zero-order chi connectivity index (χ0) is 11.7. The summed E-state index contributed by atoms with van der Waals surface area (Å²) in [5.74, 6) is 0. The number of thiophene rings is 1. The Kier molecular flexibility index (Phi) is 3.33. The van der Waals surface area contributed by atoms with E-state index in [1.165, 1.54) is 16.9 Å². The van der Waals surface area contributed by atoms with Gasteiger partial charge in [-0.15, -0.1) is 11.3 Å². The van der Waals surface area contributed by atoms with Crippen LogP contribution >= 0.6 is 22.9 Å². The quantitative estimate of drug-likeness (QED) is 0.853. The Balaban J connectivity index is 2.46. The van der Waals surface area contributed by atoms with Gasteiger partial charge < -0.3 is 5.11 Å². The van der Waals surface area contributed by atoms with Crippen molar-refractivity contribution in [3.05, 3.63) is 56.2 Å². The van der Waals surface area contributed by atoms with Crippen LogP contribution in [0.2, 0.25) is 5.02 Å². The fourth-order valence-electron chi connectivity index (χ4n) is 1.71. The monoisotopic (exact) mass is 252 g/mol. The molecule has 1 unspecified atom stereocenters. The fourth-order valence-corrected chi connectivity index (χ4v) is 2.87. The van der Waals surface area contributed by atoms with Crippen LogP contribution in [-0.4, -0.2) is 5.11 Å². The van der Waals surface area contributed by atoms with Gasteiger partial charge in [0.05, 0.1) is 9.90 Å². The molecular weight excluding hydrogens is 240 g/mol. The van der Waals surface area contributed by atoms with E-state index in [0.29, 0.717) is 5.02 Å². The molecule has 1 aromatic carbocycles. The summed E-state index contributed by atoms with van der Waals surface area (Å²) in [6, 6.07) is 7.77. The van der Waals surface area contributed by atoms with Crippen molar-refractivity contribution in [2.45, 2.75) is 20.0 Å². The van der Waals surface area contributed by atoms with Gasteiger partial charge in [0.2, 0.25) is 0 Å². The molecule has 0 saturated heterocycles. The van der Waals surface area contributed by atoms with Crippen molar-refractivity contribution in [1.82, 2.24) is 0 Å². The van der Waals surface area contributed by atoms with Gasteiger partial charge in [0.15, 0.2) is 0 Å². The van der Waals surface area contributed by atoms with E-state index in [2.05, 4.69) is 0 Å². The third-order valence-corrected chi connectivity index (χ3v) is 4.25. The highest BCUT2D eigenvalue weighted by molar-refractivity contribution is 7.10. The first kappa shape index (κ1) is 11.6. The number of hydrogen-bond donors (Lipinski definition) is 1. The van der Waals surface area contributed by atoms with Gasteiger partial charge in [-0.05, 0) is 42.0 Å². The number of hydrogen-bond acceptors (Lipinski definition) is 2. The lowest BCUT2D eigenvalue weighted by Gasteiger charge is -2.14. The number of aryl methyl sites for hydroxylation is 1. The third kappa shape index (κ3) is 2.01. The lowest BCUT2D eigenvalue weighted by Crippen LogP contribution is -2.01. The van der Waals surface area contributed by atoms with Gasteiger partial charge in [-0.3, -0.25) is 0 Å². The van der Waals surface area contributed by atoms with Gasteiger partial charge in [-0.2, -0.15) is 0 Å². The normalized spacial score (nSPS) is 12.8. The van der Waals surface area contributed by atoms with E-state index < -0.39 is 6.10 Å². The van der Waals surface area contributed by atoms with Crippen LogP contribution in [0, 0.1) is 13.8 Å². The second-order valence-corrected chi connectivity index (χ2v) is 5.18. The third-order valence-electron chi connectivity index (χ3n) is 2.83. The molecule has 0 aliphatic heterocycles. The molecule has 0 amide bonds. The highest BCUT2D eigenvalue weighted by Gasteiger charge is 2.17. The van der Waals surface area contributed by atoms with Crippen LogP contribution < -0.4 is 0 Å². The summed E-state index contributed by atoms with van der Waals surface area (Å²) in [6.45, 7) is 4.07. The average molecular weight is 253 g/mol. The molecule has 2 aromatic rings. The highest BCUT2D eigenvalue weighted by atomic mass is 35.5. The first-order valence-corrected chi connectivity index (χ1v) is 6.34. The van der Waals surface area contributed by atoms with E-state index >= 15 is 0 Å². The fraction of sp³-hybridized carbons (Fsp3) is 0.231. The minimum atomic E-state index is -0.618. The summed E-state index contributed by atoms with van der Waals surface area (Å²) in [5.41, 5.74) is 3.24. The molecular formula is C13H13ClOS. The summed E-state index contributed by atoms with van der Waals surface area (Å²) in [4.78, 5) is 0.815. The minimum Gasteiger partial charge on any atom is -0.383 e. The van der Waals surface area contributed by atoms with Crippen LogP contribution in [0.4, 0.5) is 0 Å². The minimum absolute atomic E-state index is 0.618. The first-order chi connectivity index (χ1) is 7.61. The second kappa shape index (κ2) is 4.58. The zero-order valence-corrected chi connectivity index (χ0v) is 10.8. The largest absolute Gasteiger partial charge is 0.383 e. The van der Waals surface area contributed by atoms with Gasteiger partial charge in [0.25, 0.3) is 0 Å². The maximum Gasteiger partial charge on any atom is 0.115 e. The van der Waals surface area contributed by atoms with Gasteiger partial charge in [-0.25, -0.2) is 0 Å². The number of rotatable bonds is 2. The van der Waals surface area contributed by atoms with E-state index in [1.807, 2.05) is 43.5 Å². The van der Waals surface area contributed by atoms with Crippen molar-refractivity contribution in [2.24, 2.45) is 0 Å². The lowest BCUT2D eigenvalue weighted by molar-refractivity contribution is 0.223. The maximum atomic E-state index is 10.3. The van der Waals surface area contributed by atoms with Gasteiger partial charge in [-0.1, -0.05) is 29.8 Å². The Labute approximate surface area is 104 Å². The molecule has 1 atom stereocenters. The maximum absolute atomic E-state index is 10.3. The van der Waals surface area contributed by atoms with E-state index in [0.717, 1.165) is 16.0 Å². The Morgan fingerprint density at radius 3 is 2.62 bits per heavy atom. The lowest BCUT2D eigenvalue weighted by atomic mass is 9.98. The molecule has 0 fully saturated rings. The predicted molar refractivity (Wildman–Crippen MR) is 69.3 cm³/mol. The Morgan fingerprint density at radius 2 is 2.00 bits per heavy atom. The summed E-state index contributed by atoms with van der Waals surface area (Å²) < 4.78 is 0. The molecule has 0 bridgehead atoms. The molecule has 1 N–H and O–H groups in total. The molecule has 2 rings (SSSR count). The molecule has 1 aromatic heterocycles. The van der Waals surface area contributed by atoms with Crippen LogP contribution in [0.5, 0.6) is 0 Å². The smallest absolute Gasteiger partial charge is 0.115 e. The number of aliphatic hydroxyl groups is 1. The zero-order valence-electron chi connectivity index (χ0n) is 9.20. The van der Waals surface area contributed by atoms with E-state index in [9.17, 15) is 5.11 Å². The molecule has 1 heterocycles. The topological polar surface area (TPSA) is 20.2 Å². The molecule has 16 heavy (non-hydrogen) atoms. The predicted octanol–water partition coefficient (Wildman–Crippen LogP) is 4.10. The van der Waals surface area contributed by atoms with Crippen molar-refractivity contribution in [3.8, 4) is 0 Å². The van der Waals surface area contributed by atoms with Crippen molar-refractivity contribution in [3.63, 3.8) is 0 Å². The van der Waals surface area contributed by atoms with Gasteiger partial charge in [0, 0.05) is 0 Å². The average Bonchev–Trinajstić information content (AvgIpc) is 2.68. The van der Waals surface area contributed by atoms with E-state index in [1.54, 1.807) is 0 Å². The van der Waals surface area contributed by atoms with Crippen molar-refractivity contribution in [2.75, 3.05) is 0 Å². The highest BCUT2D eigenvalue weighted by Crippen LogP contribution is 2.34. The van der Waals surface area contributed by atoms with Crippen molar-refractivity contribution in [1.29, 1.82) is 0 Å². The van der Waals surface area contributed by atoms with Crippen molar-refractivity contribution < 1.29 is 5.11 Å². The summed E-state index contributed by atoms with van der Waals surface area (Å²) in [5, 5.41) is 12.8. The van der Waals surface area contributed by atoms with Crippen LogP contribution in [0.1, 0.15) is 27.7 Å². The summed E-state index contributed by atoms with van der Waals surface area (Å²) in [7, 11) is 0. The number of halogens is 1. The molecule has 0 radical (unpaired) electrons. The number of aliphatic hydroxyl groups excluding tert-OH is 1. The first-order valence-electron chi connectivity index (χ1n) is 5.08. The Bertz CT molecular complexity index is 504. The van der Waals surface area contributed by atoms with E-state index in [-0.39, 0.29) is 0 Å². The summed E-state index contributed by atoms with van der Waals surface area (Å²) in [6.07, 6.45) is -0.618. The second-order valence-electron chi connectivity index (χ2n) is 3.82. The Morgan fingerprint density at radius 1 is 1.25 bits per heavy atom. The molecule has 0 saturated carbocycles. The Hall–Kier alpha value is -0.830. The number of benzene rings is 1. The van der Waals surface area contributed by atoms with Crippen molar-refractivity contribution >= 4 is 22.9 Å². The van der Waals surface area contributed by atoms with Crippen LogP contribution in [0.15, 0.2) is 29.6 Å².